The van der Waals surface area contributed by atoms with Crippen LogP contribution in [0, 0.1) is 48.5 Å². The van der Waals surface area contributed by atoms with E-state index >= 15 is 0 Å². The summed E-state index contributed by atoms with van der Waals surface area (Å²) in [5.41, 5.74) is 24.9. The van der Waals surface area contributed by atoms with E-state index in [-0.39, 0.29) is 11.7 Å². The van der Waals surface area contributed by atoms with E-state index in [1.54, 1.807) is 0 Å². The van der Waals surface area contributed by atoms with Crippen LogP contribution in [0.4, 0.5) is 5.69 Å². The third-order valence-corrected chi connectivity index (χ3v) is 12.9. The van der Waals surface area contributed by atoms with E-state index in [4.69, 9.17) is 0 Å². The number of anilines is 1. The number of nitrogens with zero attached hydrogens (tertiary/aromatic N) is 7. The van der Waals surface area contributed by atoms with Crippen molar-refractivity contribution in [1.29, 1.82) is 0 Å². The number of allylic oxidation sites excluding steroid dienone is 3. The summed E-state index contributed by atoms with van der Waals surface area (Å²) in [5.74, 6) is 0.330. The standard InChI is InChI=1S/C9H10N2.C9H9NO.C9H11N.3C9H9N.C8H8N2O/c1-6-3-4-8-7(2)10-5-9(8)11-6;1-6-2-3-7-4-8(11)5-9(7)10-6;4*1-7-5-6-8-3-2-4-9(8)10-7;1-5-2-3-6-7(9-5)4-8(11)10-6/h3-4,10H,2,5H2,1H3;2-3H,4-5H2,1H3;5-6H,2-4H2,1H3;3*2-3,5-6H,4H2,1H3;2-3H,4H2,1H3,(H,10,11). The Bertz CT molecular complexity index is 3070. The van der Waals surface area contributed by atoms with E-state index in [1.807, 2.05) is 71.9 Å². The van der Waals surface area contributed by atoms with Gasteiger partial charge in [0, 0.05) is 88.9 Å². The fourth-order valence-corrected chi connectivity index (χ4v) is 9.16. The number of aryl methyl sites for hydroxylation is 9. The van der Waals surface area contributed by atoms with Crippen LogP contribution in [0.5, 0.6) is 0 Å². The largest absolute Gasteiger partial charge is 0.379 e. The van der Waals surface area contributed by atoms with Crippen LogP contribution in [-0.4, -0.2) is 46.6 Å². The summed E-state index contributed by atoms with van der Waals surface area (Å²) in [6.45, 7) is 18.7. The molecule has 0 radical (unpaired) electrons. The third-order valence-electron chi connectivity index (χ3n) is 12.9. The number of carbonyl (C=O) groups is 2. The van der Waals surface area contributed by atoms with Gasteiger partial charge >= 0.3 is 0 Å². The molecule has 0 unspecified atom stereocenters. The first-order valence-corrected chi connectivity index (χ1v) is 25.2. The number of nitrogens with one attached hydrogen (secondary N) is 2. The summed E-state index contributed by atoms with van der Waals surface area (Å²) in [5, 5.41) is 5.88. The van der Waals surface area contributed by atoms with Crippen LogP contribution in [0.15, 0.2) is 110 Å². The van der Waals surface area contributed by atoms with Crippen molar-refractivity contribution in [2.75, 3.05) is 5.32 Å². The van der Waals surface area contributed by atoms with E-state index in [1.165, 1.54) is 64.3 Å². The van der Waals surface area contributed by atoms with Gasteiger partial charge in [-0.1, -0.05) is 73.4 Å². The van der Waals surface area contributed by atoms with Crippen LogP contribution < -0.4 is 10.6 Å². The van der Waals surface area contributed by atoms with E-state index in [9.17, 15) is 9.59 Å². The summed E-state index contributed by atoms with van der Waals surface area (Å²) in [6.07, 6.45) is 21.1. The number of hydrogen-bond donors (Lipinski definition) is 2. The van der Waals surface area contributed by atoms with Crippen molar-refractivity contribution in [3.8, 4) is 0 Å². The van der Waals surface area contributed by atoms with Gasteiger partial charge in [-0.05, 0) is 150 Å². The molecule has 2 aliphatic heterocycles. The quantitative estimate of drug-likeness (QED) is 0.150. The van der Waals surface area contributed by atoms with Crippen LogP contribution in [0.25, 0.3) is 23.9 Å². The van der Waals surface area contributed by atoms with Crippen LogP contribution >= 0.6 is 0 Å². The van der Waals surface area contributed by atoms with Crippen LogP contribution in [0.2, 0.25) is 0 Å². The highest BCUT2D eigenvalue weighted by molar-refractivity contribution is 5.98. The molecular weight excluding hydrogens is 903 g/mol. The zero-order valence-corrected chi connectivity index (χ0v) is 43.3. The Morgan fingerprint density at radius 3 is 1.41 bits per heavy atom. The van der Waals surface area contributed by atoms with Crippen molar-refractivity contribution in [2.24, 2.45) is 0 Å². The summed E-state index contributed by atoms with van der Waals surface area (Å²) in [7, 11) is 0. The lowest BCUT2D eigenvalue weighted by Crippen LogP contribution is -2.03. The van der Waals surface area contributed by atoms with Gasteiger partial charge in [-0.15, -0.1) is 0 Å². The molecule has 14 rings (SSSR count). The summed E-state index contributed by atoms with van der Waals surface area (Å²) < 4.78 is 0. The van der Waals surface area contributed by atoms with Crippen molar-refractivity contribution < 1.29 is 9.59 Å². The van der Waals surface area contributed by atoms with Gasteiger partial charge in [0.15, 0.2) is 0 Å². The Morgan fingerprint density at radius 1 is 0.425 bits per heavy atom. The van der Waals surface area contributed by atoms with Gasteiger partial charge in [0.05, 0.1) is 52.8 Å². The van der Waals surface area contributed by atoms with Crippen molar-refractivity contribution in [2.45, 2.75) is 113 Å². The second kappa shape index (κ2) is 23.9. The van der Waals surface area contributed by atoms with E-state index < -0.39 is 0 Å². The normalized spacial score (nSPS) is 14.4. The first kappa shape index (κ1) is 51.3. The number of amides is 1. The van der Waals surface area contributed by atoms with Gasteiger partial charge < -0.3 is 10.6 Å². The number of carbonyl (C=O) groups excluding carboxylic acids is 2. The molecule has 0 spiro atoms. The molecule has 0 saturated heterocycles. The number of fused-ring (bicyclic) bond motifs is 7. The monoisotopic (exact) mass is 968 g/mol. The van der Waals surface area contributed by atoms with Gasteiger partial charge in [-0.3, -0.25) is 44.5 Å². The molecule has 0 bridgehead atoms. The van der Waals surface area contributed by atoms with E-state index in [2.05, 4.69) is 150 Å². The molecule has 0 atom stereocenters. The van der Waals surface area contributed by atoms with E-state index in [0.717, 1.165) is 105 Å². The predicted octanol–water partition coefficient (Wildman–Crippen LogP) is 11.2. The molecule has 5 aliphatic carbocycles. The Hall–Kier alpha value is -8.05. The Kier molecular flexibility index (Phi) is 16.8. The second-order valence-electron chi connectivity index (χ2n) is 19.1. The second-order valence-corrected chi connectivity index (χ2v) is 19.1. The van der Waals surface area contributed by atoms with E-state index in [0.29, 0.717) is 19.3 Å². The Balaban J connectivity index is 0.000000114. The maximum atomic E-state index is 11.0. The molecule has 11 nitrogen and oxygen atoms in total. The number of Topliss-reactive ketones (excluding diaryl/α,β-unsaturated/α-hetero) is 1. The first-order valence-electron chi connectivity index (χ1n) is 25.2. The Morgan fingerprint density at radius 2 is 0.863 bits per heavy atom. The molecule has 7 aromatic rings. The molecule has 9 heterocycles. The number of aromatic nitrogens is 7. The first-order chi connectivity index (χ1) is 35.2. The SMILES string of the molecule is C=C1NCc2nc(C)ccc21.Cc1ccc2c(n1)CC(=O)C2.Cc1ccc2c(n1)CC(=O)N2.Cc1ccc2c(n1)CC=C2.Cc1ccc2c(n1)CC=C2.Cc1ccc2c(n1)CC=C2.Cc1ccc2c(n1)CCC2. The number of ketones is 1. The van der Waals surface area contributed by atoms with Gasteiger partial charge in [0.2, 0.25) is 5.91 Å². The number of rotatable bonds is 0. The average Bonchev–Trinajstić information content (AvgIpc) is 4.24. The zero-order valence-electron chi connectivity index (χ0n) is 43.3. The molecule has 2 N–H and O–H groups in total. The van der Waals surface area contributed by atoms with Gasteiger partial charge in [-0.2, -0.15) is 0 Å². The molecule has 1 amide bonds. The predicted molar refractivity (Wildman–Crippen MR) is 294 cm³/mol. The molecule has 7 aromatic heterocycles. The number of hydrogen-bond acceptors (Lipinski definition) is 10. The summed E-state index contributed by atoms with van der Waals surface area (Å²) in [4.78, 5) is 52.3. The van der Waals surface area contributed by atoms with Crippen molar-refractivity contribution in [1.82, 2.24) is 40.2 Å². The minimum absolute atomic E-state index is 0.0399. The minimum atomic E-state index is 0.0399. The highest BCUT2D eigenvalue weighted by Gasteiger charge is 2.20. The highest BCUT2D eigenvalue weighted by atomic mass is 16.2. The topological polar surface area (TPSA) is 148 Å². The minimum Gasteiger partial charge on any atom is -0.379 e. The van der Waals surface area contributed by atoms with Gasteiger partial charge in [-0.25, -0.2) is 0 Å². The Labute approximate surface area is 430 Å². The zero-order chi connectivity index (χ0) is 51.4. The van der Waals surface area contributed by atoms with Crippen molar-refractivity contribution in [3.63, 3.8) is 0 Å². The van der Waals surface area contributed by atoms with Crippen LogP contribution in [0.1, 0.15) is 120 Å². The van der Waals surface area contributed by atoms with Gasteiger partial charge in [0.1, 0.15) is 5.78 Å². The third kappa shape index (κ3) is 14.1. The molecule has 0 aromatic carbocycles. The molecule has 370 valence electrons. The lowest BCUT2D eigenvalue weighted by atomic mass is 10.2. The lowest BCUT2D eigenvalue weighted by molar-refractivity contribution is -0.117. The average molecular weight is 968 g/mol. The molecule has 73 heavy (non-hydrogen) atoms. The smallest absolute Gasteiger partial charge is 0.230 e. The molecular formula is C62H65N9O2. The molecule has 7 aliphatic rings. The fraction of sp³-hybridized carbons (Fsp3) is 0.274. The molecule has 0 saturated carbocycles. The molecule has 11 heteroatoms. The highest BCUT2D eigenvalue weighted by Crippen LogP contribution is 2.23. The van der Waals surface area contributed by atoms with Crippen LogP contribution in [0.3, 0.4) is 0 Å². The maximum absolute atomic E-state index is 11.0. The number of pyridine rings is 7. The van der Waals surface area contributed by atoms with Gasteiger partial charge in [0.25, 0.3) is 0 Å². The van der Waals surface area contributed by atoms with Crippen molar-refractivity contribution in [3.05, 3.63) is 223 Å². The maximum Gasteiger partial charge on any atom is 0.230 e. The molecule has 0 fully saturated rings. The summed E-state index contributed by atoms with van der Waals surface area (Å²) in [6, 6.07) is 28.7. The fourth-order valence-electron chi connectivity index (χ4n) is 9.16. The summed E-state index contributed by atoms with van der Waals surface area (Å²) >= 11 is 0. The van der Waals surface area contributed by atoms with Crippen LogP contribution in [-0.2, 0) is 67.5 Å². The lowest BCUT2D eigenvalue weighted by Gasteiger charge is -1.97. The van der Waals surface area contributed by atoms with Crippen molar-refractivity contribution >= 4 is 41.3 Å².